The maximum Gasteiger partial charge on any atom is 0.407 e. The molecule has 0 aliphatic carbocycles. The zero-order valence-corrected chi connectivity index (χ0v) is 25.6. The highest BCUT2D eigenvalue weighted by molar-refractivity contribution is 5.77. The zero-order chi connectivity index (χ0) is 30.1. The Morgan fingerprint density at radius 3 is 2.57 bits per heavy atom. The molecule has 2 fully saturated rings. The molecule has 230 valence electrons. The van der Waals surface area contributed by atoms with Crippen LogP contribution < -0.4 is 20.9 Å². The number of piperidine rings is 1. The lowest BCUT2D eigenvalue weighted by atomic mass is 10.0. The lowest BCUT2D eigenvalue weighted by molar-refractivity contribution is -0.135. The Morgan fingerprint density at radius 1 is 1.07 bits per heavy atom. The molecule has 0 bridgehead atoms. The van der Waals surface area contributed by atoms with Gasteiger partial charge in [0.2, 0.25) is 11.9 Å². The van der Waals surface area contributed by atoms with Crippen LogP contribution in [0.5, 0.6) is 0 Å². The van der Waals surface area contributed by atoms with Crippen LogP contribution >= 0.6 is 0 Å². The number of rotatable bonds is 11. The normalized spacial score (nSPS) is 17.3. The predicted molar refractivity (Wildman–Crippen MR) is 165 cm³/mol. The van der Waals surface area contributed by atoms with Crippen molar-refractivity contribution in [2.75, 3.05) is 61.5 Å². The molecule has 2 saturated heterocycles. The van der Waals surface area contributed by atoms with E-state index in [1.54, 1.807) is 0 Å². The summed E-state index contributed by atoms with van der Waals surface area (Å²) in [5, 5.41) is 2.68. The lowest BCUT2D eigenvalue weighted by Crippen LogP contribution is -2.50. The number of hydrogen-bond acceptors (Lipinski definition) is 9. The minimum Gasteiger partial charge on any atom is -0.444 e. The van der Waals surface area contributed by atoms with Gasteiger partial charge in [-0.2, -0.15) is 4.98 Å². The van der Waals surface area contributed by atoms with Crippen LogP contribution in [0, 0.1) is 6.92 Å². The Morgan fingerprint density at radius 2 is 1.83 bits per heavy atom. The average molecular weight is 582 g/mol. The molecule has 2 aliphatic heterocycles. The number of nitrogens with zero attached hydrogens (tertiary/aromatic N) is 5. The van der Waals surface area contributed by atoms with Gasteiger partial charge in [-0.05, 0) is 71.1 Å². The van der Waals surface area contributed by atoms with Gasteiger partial charge in [0.25, 0.3) is 0 Å². The van der Waals surface area contributed by atoms with Gasteiger partial charge in [-0.1, -0.05) is 12.1 Å². The summed E-state index contributed by atoms with van der Waals surface area (Å²) in [6, 6.07) is 10.5. The Labute approximate surface area is 249 Å². The molecule has 0 unspecified atom stereocenters. The van der Waals surface area contributed by atoms with Crippen molar-refractivity contribution >= 4 is 29.5 Å². The molecule has 3 heterocycles. The molecule has 4 rings (SSSR count). The zero-order valence-electron chi connectivity index (χ0n) is 25.6. The van der Waals surface area contributed by atoms with E-state index in [0.29, 0.717) is 26.2 Å². The van der Waals surface area contributed by atoms with Crippen LogP contribution in [0.25, 0.3) is 0 Å². The topological polar surface area (TPSA) is 126 Å². The first-order valence-corrected chi connectivity index (χ1v) is 15.1. The molecule has 42 heavy (non-hydrogen) atoms. The van der Waals surface area contributed by atoms with Crippen molar-refractivity contribution in [1.29, 1.82) is 0 Å². The molecular formula is C31H47N7O4. The number of hydrogen-bond donors (Lipinski definition) is 2. The molecule has 0 saturated carbocycles. The number of amides is 2. The maximum absolute atomic E-state index is 13.7. The number of nitrogen functional groups attached to an aromatic ring is 1. The number of carbonyl (C=O) groups excluding carboxylic acids is 2. The van der Waals surface area contributed by atoms with Gasteiger partial charge in [-0.25, -0.2) is 9.78 Å². The first-order chi connectivity index (χ1) is 20.1. The Hall–Kier alpha value is -3.60. The van der Waals surface area contributed by atoms with E-state index in [0.717, 1.165) is 49.6 Å². The van der Waals surface area contributed by atoms with Crippen LogP contribution in [0.3, 0.4) is 0 Å². The van der Waals surface area contributed by atoms with Crippen molar-refractivity contribution in [1.82, 2.24) is 20.2 Å². The molecule has 3 N–H and O–H groups in total. The lowest BCUT2D eigenvalue weighted by Gasteiger charge is -2.40. The Bertz CT molecular complexity index is 1180. The standard InChI is InChI=1S/C31H47N7O4/c1-23-19-27(35-29(32)34-23)37-16-8-11-26(22-37)38(21-24-9-7-10-25(20-24)36-14-5-6-15-36)28(39)12-17-41-18-13-33-30(40)42-31(2,3)4/h7,9-10,19-20,26H,5-6,8,11-18,21-22H2,1-4H3,(H,33,40)(H2,32,34,35)/t26-/m1/s1. The summed E-state index contributed by atoms with van der Waals surface area (Å²) in [7, 11) is 0. The number of benzene rings is 1. The second-order valence-electron chi connectivity index (χ2n) is 12.1. The van der Waals surface area contributed by atoms with Crippen LogP contribution in [-0.4, -0.2) is 84.4 Å². The first kappa shape index (κ1) is 31.3. The summed E-state index contributed by atoms with van der Waals surface area (Å²) in [5.74, 6) is 1.11. The van der Waals surface area contributed by atoms with Gasteiger partial charge >= 0.3 is 6.09 Å². The van der Waals surface area contributed by atoms with Gasteiger partial charge in [-0.3, -0.25) is 4.79 Å². The molecule has 2 aromatic rings. The molecule has 1 aromatic carbocycles. The molecule has 1 atom stereocenters. The van der Waals surface area contributed by atoms with Gasteiger partial charge in [0, 0.05) is 62.8 Å². The first-order valence-electron chi connectivity index (χ1n) is 15.1. The highest BCUT2D eigenvalue weighted by Gasteiger charge is 2.30. The van der Waals surface area contributed by atoms with Crippen molar-refractivity contribution in [2.45, 2.75) is 78.0 Å². The van der Waals surface area contributed by atoms with Crippen LogP contribution in [0.1, 0.15) is 64.1 Å². The molecule has 11 heteroatoms. The van der Waals surface area contributed by atoms with Gasteiger partial charge in [0.15, 0.2) is 0 Å². The molecular weight excluding hydrogens is 534 g/mol. The number of nitrogens with two attached hydrogens (primary N) is 1. The summed E-state index contributed by atoms with van der Waals surface area (Å²) in [6.45, 7) is 12.5. The van der Waals surface area contributed by atoms with E-state index in [4.69, 9.17) is 15.2 Å². The predicted octanol–water partition coefficient (Wildman–Crippen LogP) is 3.90. The fraction of sp³-hybridized carbons (Fsp3) is 0.613. The van der Waals surface area contributed by atoms with Crippen molar-refractivity contribution in [3.8, 4) is 0 Å². The van der Waals surface area contributed by atoms with Gasteiger partial charge in [-0.15, -0.1) is 0 Å². The third kappa shape index (κ3) is 9.47. The minimum atomic E-state index is -0.553. The highest BCUT2D eigenvalue weighted by Crippen LogP contribution is 2.26. The number of ether oxygens (including phenoxy) is 2. The Balaban J connectivity index is 1.40. The molecule has 2 amide bonds. The summed E-state index contributed by atoms with van der Waals surface area (Å²) >= 11 is 0. The van der Waals surface area contributed by atoms with Gasteiger partial charge < -0.3 is 35.2 Å². The minimum absolute atomic E-state index is 0.0204. The number of anilines is 3. The van der Waals surface area contributed by atoms with E-state index >= 15 is 0 Å². The summed E-state index contributed by atoms with van der Waals surface area (Å²) in [6.07, 6.45) is 4.06. The van der Waals surface area contributed by atoms with E-state index in [2.05, 4.69) is 49.4 Å². The third-order valence-electron chi connectivity index (χ3n) is 7.45. The number of carbonyl (C=O) groups is 2. The summed E-state index contributed by atoms with van der Waals surface area (Å²) in [5.41, 5.74) is 8.56. The number of nitrogens with one attached hydrogen (secondary N) is 1. The molecule has 1 aromatic heterocycles. The number of alkyl carbamates (subject to hydrolysis) is 1. The second kappa shape index (κ2) is 14.5. The fourth-order valence-electron chi connectivity index (χ4n) is 5.54. The van der Waals surface area contributed by atoms with Crippen LogP contribution in [0.15, 0.2) is 30.3 Å². The van der Waals surface area contributed by atoms with Gasteiger partial charge in [0.1, 0.15) is 11.4 Å². The van der Waals surface area contributed by atoms with Crippen LogP contribution in [0.2, 0.25) is 0 Å². The van der Waals surface area contributed by atoms with E-state index < -0.39 is 11.7 Å². The molecule has 0 spiro atoms. The summed E-state index contributed by atoms with van der Waals surface area (Å²) in [4.78, 5) is 40.9. The van der Waals surface area contributed by atoms with Crippen LogP contribution in [-0.2, 0) is 20.8 Å². The SMILES string of the molecule is Cc1cc(N2CCC[C@@H](N(Cc3cccc(N4CCCC4)c3)C(=O)CCOCCNC(=O)OC(C)(C)C)C2)nc(N)n1. The quantitative estimate of drug-likeness (QED) is 0.380. The average Bonchev–Trinajstić information content (AvgIpc) is 3.48. The maximum atomic E-state index is 13.7. The van der Waals surface area contributed by atoms with Gasteiger partial charge in [0.05, 0.1) is 19.6 Å². The van der Waals surface area contributed by atoms with Crippen molar-refractivity contribution in [3.63, 3.8) is 0 Å². The third-order valence-corrected chi connectivity index (χ3v) is 7.45. The summed E-state index contributed by atoms with van der Waals surface area (Å²) < 4.78 is 11.0. The van der Waals surface area contributed by atoms with Crippen LogP contribution in [0.4, 0.5) is 22.2 Å². The van der Waals surface area contributed by atoms with Crippen molar-refractivity contribution < 1.29 is 19.1 Å². The van der Waals surface area contributed by atoms with E-state index in [9.17, 15) is 9.59 Å². The van der Waals surface area contributed by atoms with E-state index in [-0.39, 0.29) is 30.9 Å². The monoisotopic (exact) mass is 581 g/mol. The number of aromatic nitrogens is 2. The second-order valence-corrected chi connectivity index (χ2v) is 12.1. The molecule has 0 radical (unpaired) electrons. The van der Waals surface area contributed by atoms with E-state index in [1.165, 1.54) is 18.5 Å². The highest BCUT2D eigenvalue weighted by atomic mass is 16.6. The molecule has 11 nitrogen and oxygen atoms in total. The smallest absolute Gasteiger partial charge is 0.407 e. The fourth-order valence-corrected chi connectivity index (χ4v) is 5.54. The Kier molecular flexibility index (Phi) is 10.8. The van der Waals surface area contributed by atoms with E-state index in [1.807, 2.05) is 38.7 Å². The van der Waals surface area contributed by atoms with Crippen molar-refractivity contribution in [3.05, 3.63) is 41.6 Å². The van der Waals surface area contributed by atoms with Crippen molar-refractivity contribution in [2.24, 2.45) is 0 Å². The molecule has 2 aliphatic rings. The largest absolute Gasteiger partial charge is 0.444 e. The number of aryl methyl sites for hydroxylation is 1.